The van der Waals surface area contributed by atoms with E-state index in [1.54, 1.807) is 12.3 Å². The van der Waals surface area contributed by atoms with Gasteiger partial charge in [0.2, 0.25) is 0 Å². The van der Waals surface area contributed by atoms with Gasteiger partial charge in [-0.05, 0) is 30.2 Å². The largest absolute Gasteiger partial charge is 0.453 e. The van der Waals surface area contributed by atoms with E-state index in [0.29, 0.717) is 24.9 Å². The summed E-state index contributed by atoms with van der Waals surface area (Å²) in [5.74, 6) is 1.91. The summed E-state index contributed by atoms with van der Waals surface area (Å²) in [5, 5.41) is 10.8. The first kappa shape index (κ1) is 22.5. The van der Waals surface area contributed by atoms with E-state index in [-0.39, 0.29) is 0 Å². The van der Waals surface area contributed by atoms with Crippen molar-refractivity contribution < 1.29 is 14.3 Å². The van der Waals surface area contributed by atoms with Crippen LogP contribution in [0.25, 0.3) is 16.9 Å². The van der Waals surface area contributed by atoms with Crippen LogP contribution in [-0.2, 0) is 16.0 Å². The van der Waals surface area contributed by atoms with Crippen molar-refractivity contribution in [3.8, 4) is 11.4 Å². The fourth-order valence-corrected chi connectivity index (χ4v) is 4.39. The smallest absolute Gasteiger partial charge is 0.412 e. The van der Waals surface area contributed by atoms with Crippen LogP contribution in [0.5, 0.6) is 0 Å². The Morgan fingerprint density at radius 1 is 1.21 bits per heavy atom. The van der Waals surface area contributed by atoms with E-state index in [4.69, 9.17) is 14.8 Å². The van der Waals surface area contributed by atoms with Crippen LogP contribution in [0.3, 0.4) is 0 Å². The molecule has 1 amide bonds. The SMILES string of the molecule is COC(=O)Nc1cc(C)c(-c2nc(N3CCOCC3)c3cc(CN4CCNCC4)cn3n2)cn1. The van der Waals surface area contributed by atoms with Crippen molar-refractivity contribution in [1.29, 1.82) is 0 Å². The van der Waals surface area contributed by atoms with Gasteiger partial charge in [-0.15, -0.1) is 5.10 Å². The number of nitrogens with one attached hydrogen (secondary N) is 2. The highest BCUT2D eigenvalue weighted by molar-refractivity contribution is 5.83. The molecule has 0 spiro atoms. The second-order valence-corrected chi connectivity index (χ2v) is 8.56. The molecule has 0 radical (unpaired) electrons. The second kappa shape index (κ2) is 9.92. The summed E-state index contributed by atoms with van der Waals surface area (Å²) in [6, 6.07) is 3.99. The first-order valence-corrected chi connectivity index (χ1v) is 11.6. The van der Waals surface area contributed by atoms with Crippen molar-refractivity contribution in [3.63, 3.8) is 0 Å². The predicted molar refractivity (Wildman–Crippen MR) is 128 cm³/mol. The molecule has 2 aliphatic heterocycles. The Kier molecular flexibility index (Phi) is 6.57. The van der Waals surface area contributed by atoms with Crippen LogP contribution in [0.15, 0.2) is 24.5 Å². The molecule has 2 saturated heterocycles. The Balaban J connectivity index is 1.52. The zero-order chi connectivity index (χ0) is 23.5. The first-order chi connectivity index (χ1) is 16.6. The third-order valence-electron chi connectivity index (χ3n) is 6.19. The monoisotopic (exact) mass is 466 g/mol. The number of hydrogen-bond acceptors (Lipinski definition) is 9. The van der Waals surface area contributed by atoms with Crippen LogP contribution in [0.1, 0.15) is 11.1 Å². The second-order valence-electron chi connectivity index (χ2n) is 8.56. The van der Waals surface area contributed by atoms with E-state index in [2.05, 4.69) is 42.4 Å². The Bertz CT molecular complexity index is 1170. The molecule has 11 heteroatoms. The van der Waals surface area contributed by atoms with E-state index in [1.807, 2.05) is 11.4 Å². The molecule has 0 aliphatic carbocycles. The Morgan fingerprint density at radius 2 is 2.00 bits per heavy atom. The van der Waals surface area contributed by atoms with Crippen molar-refractivity contribution in [1.82, 2.24) is 29.8 Å². The summed E-state index contributed by atoms with van der Waals surface area (Å²) < 4.78 is 12.2. The number of aryl methyl sites for hydroxylation is 1. The molecular formula is C23H30N8O3. The number of amides is 1. The lowest BCUT2D eigenvalue weighted by molar-refractivity contribution is 0.122. The minimum absolute atomic E-state index is 0.418. The van der Waals surface area contributed by atoms with Crippen molar-refractivity contribution in [2.75, 3.05) is 69.8 Å². The number of carbonyl (C=O) groups excluding carboxylic acids is 1. The van der Waals surface area contributed by atoms with Gasteiger partial charge in [0.15, 0.2) is 11.6 Å². The highest BCUT2D eigenvalue weighted by Crippen LogP contribution is 2.28. The molecule has 34 heavy (non-hydrogen) atoms. The van der Waals surface area contributed by atoms with Crippen LogP contribution in [-0.4, -0.2) is 90.2 Å². The average Bonchev–Trinajstić information content (AvgIpc) is 3.27. The van der Waals surface area contributed by atoms with Gasteiger partial charge in [-0.25, -0.2) is 19.3 Å². The van der Waals surface area contributed by atoms with E-state index in [9.17, 15) is 4.79 Å². The normalized spacial score (nSPS) is 17.2. The van der Waals surface area contributed by atoms with Crippen LogP contribution < -0.4 is 15.5 Å². The summed E-state index contributed by atoms with van der Waals surface area (Å²) in [4.78, 5) is 25.6. The quantitative estimate of drug-likeness (QED) is 0.578. The van der Waals surface area contributed by atoms with Crippen LogP contribution >= 0.6 is 0 Å². The highest BCUT2D eigenvalue weighted by Gasteiger charge is 2.21. The third-order valence-corrected chi connectivity index (χ3v) is 6.19. The maximum Gasteiger partial charge on any atom is 0.412 e. The standard InChI is InChI=1S/C23H30N8O3/c1-16-11-20(26-23(32)33-2)25-13-18(16)21-27-22(30-7-9-34-10-8-30)19-12-17(15-31(19)28-21)14-29-5-3-24-4-6-29/h11-13,15,24H,3-10,14H2,1-2H3,(H,25,26,32). The molecule has 2 N–H and O–H groups in total. The molecule has 0 saturated carbocycles. The number of fused-ring (bicyclic) bond motifs is 1. The van der Waals surface area contributed by atoms with Gasteiger partial charge in [0.05, 0.1) is 20.3 Å². The number of methoxy groups -OCH3 is 1. The molecule has 3 aromatic heterocycles. The molecule has 180 valence electrons. The highest BCUT2D eigenvalue weighted by atomic mass is 16.5. The number of morpholine rings is 1. The van der Waals surface area contributed by atoms with Gasteiger partial charge >= 0.3 is 6.09 Å². The number of anilines is 2. The van der Waals surface area contributed by atoms with Gasteiger partial charge in [-0.1, -0.05) is 0 Å². The molecule has 5 rings (SSSR count). The molecule has 3 aromatic rings. The summed E-state index contributed by atoms with van der Waals surface area (Å²) in [6.07, 6.45) is 3.23. The topological polar surface area (TPSA) is 109 Å². The molecule has 0 aromatic carbocycles. The Morgan fingerprint density at radius 3 is 2.74 bits per heavy atom. The van der Waals surface area contributed by atoms with Gasteiger partial charge in [0.1, 0.15) is 11.3 Å². The number of ether oxygens (including phenoxy) is 2. The lowest BCUT2D eigenvalue weighted by Gasteiger charge is -2.28. The van der Waals surface area contributed by atoms with Gasteiger partial charge in [-0.3, -0.25) is 10.2 Å². The van der Waals surface area contributed by atoms with Gasteiger partial charge in [-0.2, -0.15) is 0 Å². The number of piperazine rings is 1. The molecule has 2 fully saturated rings. The van der Waals surface area contributed by atoms with Crippen LogP contribution in [0, 0.1) is 6.92 Å². The van der Waals surface area contributed by atoms with Gasteiger partial charge in [0.25, 0.3) is 0 Å². The van der Waals surface area contributed by atoms with Crippen LogP contribution in [0.4, 0.5) is 16.4 Å². The Labute approximate surface area is 198 Å². The van der Waals surface area contributed by atoms with Gasteiger partial charge in [0, 0.05) is 63.8 Å². The fraction of sp³-hybridized carbons (Fsp3) is 0.478. The lowest BCUT2D eigenvalue weighted by atomic mass is 10.1. The van der Waals surface area contributed by atoms with Crippen LogP contribution in [0.2, 0.25) is 0 Å². The molecule has 5 heterocycles. The first-order valence-electron chi connectivity index (χ1n) is 11.6. The van der Waals surface area contributed by atoms with E-state index < -0.39 is 6.09 Å². The number of nitrogens with zero attached hydrogens (tertiary/aromatic N) is 6. The number of hydrogen-bond donors (Lipinski definition) is 2. The number of pyridine rings is 1. The average molecular weight is 467 g/mol. The maximum atomic E-state index is 11.5. The summed E-state index contributed by atoms with van der Waals surface area (Å²) in [6.45, 7) is 9.86. The number of rotatable bonds is 5. The molecule has 0 atom stereocenters. The summed E-state index contributed by atoms with van der Waals surface area (Å²) in [7, 11) is 1.32. The predicted octanol–water partition coefficient (Wildman–Crippen LogP) is 1.52. The zero-order valence-corrected chi connectivity index (χ0v) is 19.6. The van der Waals surface area contributed by atoms with Crippen molar-refractivity contribution in [2.24, 2.45) is 0 Å². The lowest BCUT2D eigenvalue weighted by Crippen LogP contribution is -2.42. The van der Waals surface area contributed by atoms with Crippen molar-refractivity contribution >= 4 is 23.2 Å². The van der Waals surface area contributed by atoms with Gasteiger partial charge < -0.3 is 19.7 Å². The van der Waals surface area contributed by atoms with E-state index in [0.717, 1.165) is 68.3 Å². The molecule has 0 unspecified atom stereocenters. The molecule has 11 nitrogen and oxygen atoms in total. The van der Waals surface area contributed by atoms with E-state index >= 15 is 0 Å². The van der Waals surface area contributed by atoms with Crippen molar-refractivity contribution in [2.45, 2.75) is 13.5 Å². The van der Waals surface area contributed by atoms with E-state index in [1.165, 1.54) is 12.7 Å². The summed E-state index contributed by atoms with van der Waals surface area (Å²) in [5.41, 5.74) is 3.92. The third kappa shape index (κ3) is 4.81. The minimum atomic E-state index is -0.559. The minimum Gasteiger partial charge on any atom is -0.453 e. The number of aromatic nitrogens is 4. The number of carbonyl (C=O) groups is 1. The summed E-state index contributed by atoms with van der Waals surface area (Å²) >= 11 is 0. The molecule has 0 bridgehead atoms. The molecule has 2 aliphatic rings. The fourth-order valence-electron chi connectivity index (χ4n) is 4.39. The molecular weight excluding hydrogens is 436 g/mol. The maximum absolute atomic E-state index is 11.5. The van der Waals surface area contributed by atoms with Crippen molar-refractivity contribution in [3.05, 3.63) is 35.7 Å². The Hall–Kier alpha value is -3.28. The zero-order valence-electron chi connectivity index (χ0n) is 19.6.